The van der Waals surface area contributed by atoms with Crippen LogP contribution in [-0.4, -0.2) is 0 Å². The van der Waals surface area contributed by atoms with Crippen LogP contribution in [0.15, 0.2) is 66.7 Å². The molecule has 0 saturated carbocycles. The molecule has 3 rings (SSSR count). The lowest BCUT2D eigenvalue weighted by Crippen LogP contribution is -1.90. The predicted molar refractivity (Wildman–Crippen MR) is 110 cm³/mol. The van der Waals surface area contributed by atoms with Gasteiger partial charge in [-0.25, -0.2) is 4.39 Å². The van der Waals surface area contributed by atoms with Gasteiger partial charge in [0.1, 0.15) is 5.82 Å². The first-order valence-corrected chi connectivity index (χ1v) is 9.69. The lowest BCUT2D eigenvalue weighted by molar-refractivity contribution is 0.626. The van der Waals surface area contributed by atoms with Crippen LogP contribution in [0, 0.1) is 5.82 Å². The van der Waals surface area contributed by atoms with Gasteiger partial charge in [-0.05, 0) is 53.1 Å². The van der Waals surface area contributed by atoms with Gasteiger partial charge < -0.3 is 0 Å². The fourth-order valence-corrected chi connectivity index (χ4v) is 3.30. The van der Waals surface area contributed by atoms with Gasteiger partial charge in [-0.3, -0.25) is 0 Å². The molecule has 0 atom stereocenters. The number of rotatable bonds is 7. The number of aryl methyl sites for hydroxylation is 2. The van der Waals surface area contributed by atoms with Gasteiger partial charge in [0, 0.05) is 5.56 Å². The van der Waals surface area contributed by atoms with E-state index in [9.17, 15) is 4.39 Å². The van der Waals surface area contributed by atoms with Crippen LogP contribution in [0.5, 0.6) is 0 Å². The van der Waals surface area contributed by atoms with Crippen molar-refractivity contribution in [1.82, 2.24) is 0 Å². The topological polar surface area (TPSA) is 0 Å². The first-order chi connectivity index (χ1) is 12.7. The van der Waals surface area contributed by atoms with Crippen molar-refractivity contribution < 1.29 is 4.39 Å². The highest BCUT2D eigenvalue weighted by molar-refractivity contribution is 5.71. The van der Waals surface area contributed by atoms with Crippen LogP contribution >= 0.6 is 0 Å². The molecule has 0 fully saturated rings. The summed E-state index contributed by atoms with van der Waals surface area (Å²) in [6.45, 7) is 4.35. The van der Waals surface area contributed by atoms with Crippen LogP contribution in [0.2, 0.25) is 0 Å². The molecule has 0 saturated heterocycles. The minimum Gasteiger partial charge on any atom is -0.206 e. The van der Waals surface area contributed by atoms with E-state index in [4.69, 9.17) is 0 Å². The van der Waals surface area contributed by atoms with E-state index in [1.54, 1.807) is 6.07 Å². The van der Waals surface area contributed by atoms with Gasteiger partial charge in [-0.2, -0.15) is 0 Å². The lowest BCUT2D eigenvalue weighted by Gasteiger charge is -2.08. The number of unbranched alkanes of at least 4 members (excludes halogenated alkanes) is 2. The van der Waals surface area contributed by atoms with Crippen molar-refractivity contribution in [2.45, 2.75) is 46.0 Å². The Kier molecular flexibility index (Phi) is 6.22. The first-order valence-electron chi connectivity index (χ1n) is 9.69. The monoisotopic (exact) mass is 346 g/mol. The summed E-state index contributed by atoms with van der Waals surface area (Å²) in [5.41, 5.74) is 6.39. The highest BCUT2D eigenvalue weighted by atomic mass is 19.1. The summed E-state index contributed by atoms with van der Waals surface area (Å²) in [6.07, 6.45) is 5.52. The summed E-state index contributed by atoms with van der Waals surface area (Å²) < 4.78 is 14.6. The van der Waals surface area contributed by atoms with E-state index in [1.165, 1.54) is 24.0 Å². The van der Waals surface area contributed by atoms with Crippen molar-refractivity contribution in [3.8, 4) is 22.3 Å². The maximum atomic E-state index is 14.6. The van der Waals surface area contributed by atoms with E-state index in [1.807, 2.05) is 18.2 Å². The minimum atomic E-state index is -0.126. The first kappa shape index (κ1) is 18.4. The number of benzene rings is 3. The third-order valence-corrected chi connectivity index (χ3v) is 4.99. The molecule has 0 N–H and O–H groups in total. The summed E-state index contributed by atoms with van der Waals surface area (Å²) >= 11 is 0. The molecule has 3 aromatic carbocycles. The van der Waals surface area contributed by atoms with Gasteiger partial charge in [-0.15, -0.1) is 0 Å². The second-order valence-corrected chi connectivity index (χ2v) is 6.90. The number of hydrogen-bond donors (Lipinski definition) is 0. The summed E-state index contributed by atoms with van der Waals surface area (Å²) in [7, 11) is 0. The van der Waals surface area contributed by atoms with Crippen LogP contribution in [0.4, 0.5) is 4.39 Å². The summed E-state index contributed by atoms with van der Waals surface area (Å²) in [4.78, 5) is 0. The van der Waals surface area contributed by atoms with E-state index in [-0.39, 0.29) is 5.82 Å². The summed E-state index contributed by atoms with van der Waals surface area (Å²) in [5.74, 6) is -0.126. The SMILES string of the molecule is CCCCCc1ccc(-c2ccc(-c3ccc(CC)cc3)cc2)c(F)c1. The zero-order chi connectivity index (χ0) is 18.4. The molecule has 0 aromatic heterocycles. The minimum absolute atomic E-state index is 0.126. The Morgan fingerprint density at radius 1 is 0.654 bits per heavy atom. The van der Waals surface area contributed by atoms with E-state index in [0.29, 0.717) is 5.56 Å². The zero-order valence-corrected chi connectivity index (χ0v) is 15.8. The van der Waals surface area contributed by atoms with Gasteiger partial charge in [-0.1, -0.05) is 87.4 Å². The maximum Gasteiger partial charge on any atom is 0.131 e. The Morgan fingerprint density at radius 2 is 1.23 bits per heavy atom. The van der Waals surface area contributed by atoms with Crippen LogP contribution < -0.4 is 0 Å². The van der Waals surface area contributed by atoms with Gasteiger partial charge in [0.15, 0.2) is 0 Å². The fraction of sp³-hybridized carbons (Fsp3) is 0.280. The molecule has 1 heteroatoms. The number of hydrogen-bond acceptors (Lipinski definition) is 0. The molecule has 0 aliphatic carbocycles. The summed E-state index contributed by atoms with van der Waals surface area (Å²) in [5, 5.41) is 0. The molecule has 134 valence electrons. The smallest absolute Gasteiger partial charge is 0.131 e. The number of halogens is 1. The normalized spacial score (nSPS) is 10.9. The van der Waals surface area contributed by atoms with E-state index < -0.39 is 0 Å². The van der Waals surface area contributed by atoms with Gasteiger partial charge in [0.05, 0.1) is 0 Å². The second-order valence-electron chi connectivity index (χ2n) is 6.90. The van der Waals surface area contributed by atoms with Crippen molar-refractivity contribution in [2.75, 3.05) is 0 Å². The van der Waals surface area contributed by atoms with Crippen LogP contribution in [0.25, 0.3) is 22.3 Å². The average Bonchev–Trinajstić information content (AvgIpc) is 2.69. The molecule has 0 aliphatic heterocycles. The molecular weight excluding hydrogens is 319 g/mol. The molecule has 0 unspecified atom stereocenters. The Hall–Kier alpha value is -2.41. The molecule has 0 heterocycles. The van der Waals surface area contributed by atoms with Crippen molar-refractivity contribution in [1.29, 1.82) is 0 Å². The molecular formula is C25H27F. The molecule has 0 amide bonds. The Balaban J connectivity index is 1.77. The Labute approximate surface area is 156 Å². The highest BCUT2D eigenvalue weighted by Gasteiger charge is 2.07. The van der Waals surface area contributed by atoms with Crippen LogP contribution in [0.3, 0.4) is 0 Å². The van der Waals surface area contributed by atoms with Crippen molar-refractivity contribution in [2.24, 2.45) is 0 Å². The van der Waals surface area contributed by atoms with Gasteiger partial charge in [0.25, 0.3) is 0 Å². The summed E-state index contributed by atoms with van der Waals surface area (Å²) in [6, 6.07) is 22.5. The Morgan fingerprint density at radius 3 is 1.81 bits per heavy atom. The van der Waals surface area contributed by atoms with Crippen molar-refractivity contribution in [3.63, 3.8) is 0 Å². The van der Waals surface area contributed by atoms with Crippen molar-refractivity contribution in [3.05, 3.63) is 83.7 Å². The van der Waals surface area contributed by atoms with E-state index >= 15 is 0 Å². The van der Waals surface area contributed by atoms with E-state index in [0.717, 1.165) is 36.0 Å². The molecule has 3 aromatic rings. The molecule has 26 heavy (non-hydrogen) atoms. The van der Waals surface area contributed by atoms with Gasteiger partial charge in [0.2, 0.25) is 0 Å². The molecule has 0 spiro atoms. The van der Waals surface area contributed by atoms with Crippen LogP contribution in [-0.2, 0) is 12.8 Å². The third-order valence-electron chi connectivity index (χ3n) is 4.99. The second kappa shape index (κ2) is 8.80. The molecule has 0 nitrogen and oxygen atoms in total. The maximum absolute atomic E-state index is 14.6. The van der Waals surface area contributed by atoms with E-state index in [2.05, 4.69) is 56.3 Å². The molecule has 0 aliphatic rings. The zero-order valence-electron chi connectivity index (χ0n) is 15.8. The standard InChI is InChI=1S/C25H27F/c1-3-5-6-7-20-10-17-24(25(26)18-20)23-15-13-22(14-16-23)21-11-8-19(4-2)9-12-21/h8-18H,3-7H2,1-2H3. The third kappa shape index (κ3) is 4.40. The largest absolute Gasteiger partial charge is 0.206 e. The van der Waals surface area contributed by atoms with Crippen molar-refractivity contribution >= 4 is 0 Å². The quantitative estimate of drug-likeness (QED) is 0.390. The molecule has 0 radical (unpaired) electrons. The highest BCUT2D eigenvalue weighted by Crippen LogP contribution is 2.28. The van der Waals surface area contributed by atoms with Gasteiger partial charge >= 0.3 is 0 Å². The lowest BCUT2D eigenvalue weighted by atomic mass is 9.97. The average molecular weight is 346 g/mol. The Bertz CT molecular complexity index is 829. The predicted octanol–water partition coefficient (Wildman–Crippen LogP) is 7.45. The van der Waals surface area contributed by atoms with Crippen LogP contribution in [0.1, 0.15) is 44.2 Å². The fourth-order valence-electron chi connectivity index (χ4n) is 3.30. The molecule has 0 bridgehead atoms.